The van der Waals surface area contributed by atoms with Crippen molar-refractivity contribution in [2.45, 2.75) is 32.5 Å². The molecule has 0 fully saturated rings. The van der Waals surface area contributed by atoms with E-state index in [-0.39, 0.29) is 36.0 Å². The first kappa shape index (κ1) is 21.7. The summed E-state index contributed by atoms with van der Waals surface area (Å²) in [6.07, 6.45) is -2.44. The van der Waals surface area contributed by atoms with Gasteiger partial charge in [-0.2, -0.15) is 13.2 Å². The van der Waals surface area contributed by atoms with Crippen LogP contribution in [-0.4, -0.2) is 42.1 Å². The maximum atomic E-state index is 12.5. The Labute approximate surface area is 150 Å². The smallest absolute Gasteiger partial charge is 0.355 e. The molecule has 0 spiro atoms. The summed E-state index contributed by atoms with van der Waals surface area (Å²) in [6.45, 7) is 4.91. The SMILES string of the molecule is CCC(C)NC(=NC)NCCNc1nccc(C(F)(F)F)n1.I. The van der Waals surface area contributed by atoms with Crippen LogP contribution in [0, 0.1) is 0 Å². The fourth-order valence-corrected chi connectivity index (χ4v) is 1.49. The molecule has 1 unspecified atom stereocenters. The van der Waals surface area contributed by atoms with Crippen molar-refractivity contribution in [1.82, 2.24) is 20.6 Å². The summed E-state index contributed by atoms with van der Waals surface area (Å²) < 4.78 is 37.5. The van der Waals surface area contributed by atoms with E-state index in [0.29, 0.717) is 19.0 Å². The minimum Gasteiger partial charge on any atom is -0.355 e. The lowest BCUT2D eigenvalue weighted by Gasteiger charge is -2.16. The standard InChI is InChI=1S/C13H21F3N6.HI/c1-4-9(2)21-11(17-3)19-7-8-20-12-18-6-5-10(22-12)13(14,15)16;/h5-6,9H,4,7-8H2,1-3H3,(H2,17,19,21)(H,18,20,22);1H. The molecule has 0 saturated carbocycles. The van der Waals surface area contributed by atoms with Gasteiger partial charge >= 0.3 is 6.18 Å². The van der Waals surface area contributed by atoms with Gasteiger partial charge in [0, 0.05) is 32.4 Å². The zero-order valence-corrected chi connectivity index (χ0v) is 15.6. The lowest BCUT2D eigenvalue weighted by atomic mass is 10.3. The van der Waals surface area contributed by atoms with Gasteiger partial charge in [-0.25, -0.2) is 9.97 Å². The van der Waals surface area contributed by atoms with E-state index in [9.17, 15) is 13.2 Å². The van der Waals surface area contributed by atoms with Crippen LogP contribution in [0.3, 0.4) is 0 Å². The molecule has 3 N–H and O–H groups in total. The molecular weight excluding hydrogens is 424 g/mol. The van der Waals surface area contributed by atoms with Gasteiger partial charge in [0.25, 0.3) is 0 Å². The molecule has 23 heavy (non-hydrogen) atoms. The van der Waals surface area contributed by atoms with E-state index in [0.717, 1.165) is 18.7 Å². The fraction of sp³-hybridized carbons (Fsp3) is 0.615. The first-order valence-electron chi connectivity index (χ1n) is 6.98. The van der Waals surface area contributed by atoms with Crippen LogP contribution in [0.25, 0.3) is 0 Å². The fourth-order valence-electron chi connectivity index (χ4n) is 1.49. The van der Waals surface area contributed by atoms with E-state index in [1.54, 1.807) is 7.05 Å². The Kier molecular flexibility index (Phi) is 9.84. The van der Waals surface area contributed by atoms with Crippen LogP contribution >= 0.6 is 24.0 Å². The van der Waals surface area contributed by atoms with Crippen LogP contribution < -0.4 is 16.0 Å². The van der Waals surface area contributed by atoms with Crippen molar-refractivity contribution in [3.05, 3.63) is 18.0 Å². The Morgan fingerprint density at radius 2 is 2.04 bits per heavy atom. The van der Waals surface area contributed by atoms with Crippen molar-refractivity contribution >= 4 is 35.9 Å². The van der Waals surface area contributed by atoms with E-state index in [1.807, 2.05) is 6.92 Å². The number of hydrogen-bond acceptors (Lipinski definition) is 4. The summed E-state index contributed by atoms with van der Waals surface area (Å²) in [5.41, 5.74) is -0.966. The largest absolute Gasteiger partial charge is 0.433 e. The summed E-state index contributed by atoms with van der Waals surface area (Å²) in [5, 5.41) is 8.96. The summed E-state index contributed by atoms with van der Waals surface area (Å²) in [4.78, 5) is 11.2. The van der Waals surface area contributed by atoms with Crippen molar-refractivity contribution < 1.29 is 13.2 Å². The molecule has 1 aromatic rings. The number of anilines is 1. The molecule has 0 aliphatic rings. The molecule has 0 saturated heterocycles. The van der Waals surface area contributed by atoms with E-state index in [4.69, 9.17) is 0 Å². The number of hydrogen-bond donors (Lipinski definition) is 3. The molecule has 132 valence electrons. The number of nitrogens with zero attached hydrogens (tertiary/aromatic N) is 3. The Morgan fingerprint density at radius 3 is 2.61 bits per heavy atom. The van der Waals surface area contributed by atoms with E-state index in [1.165, 1.54) is 0 Å². The minimum absolute atomic E-state index is 0. The molecule has 10 heteroatoms. The summed E-state index contributed by atoms with van der Waals surface area (Å²) in [6, 6.07) is 1.12. The molecule has 0 bridgehead atoms. The van der Waals surface area contributed by atoms with Gasteiger partial charge in [0.1, 0.15) is 5.69 Å². The number of aliphatic imine (C=N–C) groups is 1. The van der Waals surface area contributed by atoms with Crippen molar-refractivity contribution in [3.63, 3.8) is 0 Å². The number of guanidine groups is 1. The zero-order chi connectivity index (χ0) is 16.6. The Bertz CT molecular complexity index is 495. The zero-order valence-electron chi connectivity index (χ0n) is 13.2. The van der Waals surface area contributed by atoms with Gasteiger partial charge in [0.05, 0.1) is 0 Å². The second kappa shape index (κ2) is 10.4. The van der Waals surface area contributed by atoms with Crippen molar-refractivity contribution in [3.8, 4) is 0 Å². The minimum atomic E-state index is -4.47. The van der Waals surface area contributed by atoms with Crippen molar-refractivity contribution in [1.29, 1.82) is 0 Å². The lowest BCUT2D eigenvalue weighted by molar-refractivity contribution is -0.141. The second-order valence-corrected chi connectivity index (χ2v) is 4.64. The van der Waals surface area contributed by atoms with Gasteiger partial charge in [-0.3, -0.25) is 4.99 Å². The second-order valence-electron chi connectivity index (χ2n) is 4.64. The topological polar surface area (TPSA) is 74.2 Å². The molecule has 0 radical (unpaired) electrons. The molecule has 0 aromatic carbocycles. The molecular formula is C13H22F3IN6. The van der Waals surface area contributed by atoms with E-state index in [2.05, 4.69) is 37.8 Å². The first-order valence-corrected chi connectivity index (χ1v) is 6.98. The molecule has 6 nitrogen and oxygen atoms in total. The highest BCUT2D eigenvalue weighted by Gasteiger charge is 2.32. The van der Waals surface area contributed by atoms with E-state index >= 15 is 0 Å². The Hall–Kier alpha value is -1.33. The number of aromatic nitrogens is 2. The van der Waals surface area contributed by atoms with Gasteiger partial charge in [-0.05, 0) is 19.4 Å². The van der Waals surface area contributed by atoms with Crippen LogP contribution in [0.5, 0.6) is 0 Å². The van der Waals surface area contributed by atoms with Crippen molar-refractivity contribution in [2.24, 2.45) is 4.99 Å². The molecule has 1 atom stereocenters. The predicted octanol–water partition coefficient (Wildman–Crippen LogP) is 2.49. The average molecular weight is 446 g/mol. The molecule has 0 aliphatic carbocycles. The van der Waals surface area contributed by atoms with Gasteiger partial charge in [0.2, 0.25) is 5.95 Å². The molecule has 1 heterocycles. The normalized spacial score (nSPS) is 13.0. The molecule has 1 aromatic heterocycles. The molecule has 0 amide bonds. The quantitative estimate of drug-likeness (QED) is 0.271. The van der Waals surface area contributed by atoms with Crippen LogP contribution in [0.4, 0.5) is 19.1 Å². The Morgan fingerprint density at radius 1 is 1.35 bits per heavy atom. The summed E-state index contributed by atoms with van der Waals surface area (Å²) >= 11 is 0. The van der Waals surface area contributed by atoms with Crippen LogP contribution in [0.15, 0.2) is 17.3 Å². The monoisotopic (exact) mass is 446 g/mol. The summed E-state index contributed by atoms with van der Waals surface area (Å²) in [7, 11) is 1.65. The number of nitrogens with one attached hydrogen (secondary N) is 3. The molecule has 1 rings (SSSR count). The highest BCUT2D eigenvalue weighted by atomic mass is 127. The predicted molar refractivity (Wildman–Crippen MR) is 95.2 cm³/mol. The first-order chi connectivity index (χ1) is 10.4. The highest BCUT2D eigenvalue weighted by Crippen LogP contribution is 2.27. The number of alkyl halides is 3. The Balaban J connectivity index is 0.00000484. The van der Waals surface area contributed by atoms with Gasteiger partial charge < -0.3 is 16.0 Å². The number of halogens is 4. The van der Waals surface area contributed by atoms with Gasteiger partial charge in [-0.15, -0.1) is 24.0 Å². The van der Waals surface area contributed by atoms with Gasteiger partial charge in [-0.1, -0.05) is 6.92 Å². The lowest BCUT2D eigenvalue weighted by Crippen LogP contribution is -2.43. The number of rotatable bonds is 6. The van der Waals surface area contributed by atoms with Gasteiger partial charge in [0.15, 0.2) is 5.96 Å². The van der Waals surface area contributed by atoms with Crippen LogP contribution in [0.1, 0.15) is 26.0 Å². The third kappa shape index (κ3) is 8.18. The summed E-state index contributed by atoms with van der Waals surface area (Å²) in [5.74, 6) is 0.586. The maximum absolute atomic E-state index is 12.5. The van der Waals surface area contributed by atoms with Crippen LogP contribution in [0.2, 0.25) is 0 Å². The average Bonchev–Trinajstić information content (AvgIpc) is 2.49. The molecule has 0 aliphatic heterocycles. The van der Waals surface area contributed by atoms with Crippen LogP contribution in [-0.2, 0) is 6.18 Å². The van der Waals surface area contributed by atoms with Crippen molar-refractivity contribution in [2.75, 3.05) is 25.5 Å². The third-order valence-corrected chi connectivity index (χ3v) is 2.87. The maximum Gasteiger partial charge on any atom is 0.433 e. The highest BCUT2D eigenvalue weighted by molar-refractivity contribution is 14.0. The third-order valence-electron chi connectivity index (χ3n) is 2.87. The van der Waals surface area contributed by atoms with E-state index < -0.39 is 11.9 Å².